The van der Waals surface area contributed by atoms with Gasteiger partial charge in [0, 0.05) is 7.11 Å². The van der Waals surface area contributed by atoms with Crippen molar-refractivity contribution in [3.8, 4) is 0 Å². The third kappa shape index (κ3) is 2.78. The minimum atomic E-state index is -3.49. The quantitative estimate of drug-likeness (QED) is 0.603. The fourth-order valence-electron chi connectivity index (χ4n) is 0.533. The minimum Gasteiger partial charge on any atom is -0.364 e. The van der Waals surface area contributed by atoms with Gasteiger partial charge >= 0.3 is 0 Å². The zero-order chi connectivity index (χ0) is 7.49. The molecule has 9 heavy (non-hydrogen) atoms. The van der Waals surface area contributed by atoms with Gasteiger partial charge in [-0.25, -0.2) is 13.6 Å². The van der Waals surface area contributed by atoms with Gasteiger partial charge < -0.3 is 4.74 Å². The summed E-state index contributed by atoms with van der Waals surface area (Å²) in [4.78, 5) is 0. The summed E-state index contributed by atoms with van der Waals surface area (Å²) in [6, 6.07) is 0. The van der Waals surface area contributed by atoms with Crippen molar-refractivity contribution in [3.63, 3.8) is 0 Å². The van der Waals surface area contributed by atoms with Crippen molar-refractivity contribution in [1.82, 2.24) is 0 Å². The smallest absolute Gasteiger partial charge is 0.236 e. The molecule has 4 nitrogen and oxygen atoms in total. The Morgan fingerprint density at radius 2 is 2.11 bits per heavy atom. The summed E-state index contributed by atoms with van der Waals surface area (Å²) >= 11 is 0. The van der Waals surface area contributed by atoms with E-state index in [1.54, 1.807) is 6.92 Å². The fourth-order valence-corrected chi connectivity index (χ4v) is 1.27. The van der Waals surface area contributed by atoms with Gasteiger partial charge in [-0.2, -0.15) is 0 Å². The first-order valence-electron chi connectivity index (χ1n) is 2.56. The van der Waals surface area contributed by atoms with E-state index in [0.29, 0.717) is 6.42 Å². The van der Waals surface area contributed by atoms with E-state index in [2.05, 4.69) is 4.74 Å². The lowest BCUT2D eigenvalue weighted by molar-refractivity contribution is 0.160. The monoisotopic (exact) mass is 153 g/mol. The number of sulfonamides is 1. The molecule has 0 aliphatic heterocycles. The Hall–Kier alpha value is -0.130. The Bertz CT molecular complexity index is 159. The van der Waals surface area contributed by atoms with E-state index in [4.69, 9.17) is 5.14 Å². The van der Waals surface area contributed by atoms with Crippen LogP contribution >= 0.6 is 0 Å². The second-order valence-corrected chi connectivity index (χ2v) is 3.37. The first-order valence-corrected chi connectivity index (χ1v) is 4.17. The highest BCUT2D eigenvalue weighted by molar-refractivity contribution is 7.89. The number of methoxy groups -OCH3 is 1. The number of hydrogen-bond acceptors (Lipinski definition) is 3. The van der Waals surface area contributed by atoms with Crippen molar-refractivity contribution >= 4 is 10.0 Å². The lowest BCUT2D eigenvalue weighted by atomic mass is 10.5. The molecular formula is C4H11NO3S. The Balaban J connectivity index is 4.14. The van der Waals surface area contributed by atoms with Crippen LogP contribution in [0, 0.1) is 0 Å². The molecule has 0 bridgehead atoms. The van der Waals surface area contributed by atoms with Gasteiger partial charge in [-0.15, -0.1) is 0 Å². The SMILES string of the molecule is CCC(OC)S(N)(=O)=O. The lowest BCUT2D eigenvalue weighted by Crippen LogP contribution is -2.29. The highest BCUT2D eigenvalue weighted by atomic mass is 32.2. The fraction of sp³-hybridized carbons (Fsp3) is 1.00. The Morgan fingerprint density at radius 1 is 1.67 bits per heavy atom. The van der Waals surface area contributed by atoms with E-state index in [0.717, 1.165) is 0 Å². The van der Waals surface area contributed by atoms with Crippen LogP contribution in [-0.2, 0) is 14.8 Å². The molecule has 0 aromatic rings. The molecular weight excluding hydrogens is 142 g/mol. The van der Waals surface area contributed by atoms with E-state index in [-0.39, 0.29) is 0 Å². The zero-order valence-electron chi connectivity index (χ0n) is 5.49. The van der Waals surface area contributed by atoms with Gasteiger partial charge in [-0.1, -0.05) is 6.92 Å². The third-order valence-electron chi connectivity index (χ3n) is 0.963. The molecule has 0 amide bonds. The molecule has 0 aromatic heterocycles. The van der Waals surface area contributed by atoms with Crippen molar-refractivity contribution in [2.45, 2.75) is 18.8 Å². The molecule has 0 spiro atoms. The van der Waals surface area contributed by atoms with Crippen LogP contribution in [0.3, 0.4) is 0 Å². The maximum absolute atomic E-state index is 10.4. The molecule has 0 aliphatic rings. The third-order valence-corrected chi connectivity index (χ3v) is 2.22. The summed E-state index contributed by atoms with van der Waals surface area (Å²) in [6.45, 7) is 1.69. The molecule has 0 aromatic carbocycles. The summed E-state index contributed by atoms with van der Waals surface area (Å²) in [6.07, 6.45) is 0.384. The zero-order valence-corrected chi connectivity index (χ0v) is 6.31. The van der Waals surface area contributed by atoms with E-state index in [1.807, 2.05) is 0 Å². The van der Waals surface area contributed by atoms with Crippen LogP contribution in [0.4, 0.5) is 0 Å². The maximum atomic E-state index is 10.4. The van der Waals surface area contributed by atoms with Crippen LogP contribution in [0.15, 0.2) is 0 Å². The van der Waals surface area contributed by atoms with E-state index in [1.165, 1.54) is 7.11 Å². The molecule has 1 atom stereocenters. The molecule has 0 radical (unpaired) electrons. The van der Waals surface area contributed by atoms with Crippen molar-refractivity contribution in [2.24, 2.45) is 5.14 Å². The molecule has 0 aliphatic carbocycles. The van der Waals surface area contributed by atoms with Crippen molar-refractivity contribution in [1.29, 1.82) is 0 Å². The Labute approximate surface area is 55.0 Å². The Kier molecular flexibility index (Phi) is 3.10. The predicted molar refractivity (Wildman–Crippen MR) is 34.2 cm³/mol. The lowest BCUT2D eigenvalue weighted by Gasteiger charge is -2.08. The van der Waals surface area contributed by atoms with Gasteiger partial charge in [0.25, 0.3) is 0 Å². The van der Waals surface area contributed by atoms with Crippen LogP contribution in [0.25, 0.3) is 0 Å². The number of nitrogens with two attached hydrogens (primary N) is 1. The molecule has 0 rings (SSSR count). The summed E-state index contributed by atoms with van der Waals surface area (Å²) in [5, 5.41) is 4.75. The van der Waals surface area contributed by atoms with Gasteiger partial charge in [-0.05, 0) is 6.42 Å². The van der Waals surface area contributed by atoms with Crippen LogP contribution in [0.1, 0.15) is 13.3 Å². The highest BCUT2D eigenvalue weighted by Crippen LogP contribution is 2.00. The van der Waals surface area contributed by atoms with E-state index >= 15 is 0 Å². The number of primary sulfonamides is 1. The number of ether oxygens (including phenoxy) is 1. The van der Waals surface area contributed by atoms with Crippen molar-refractivity contribution in [3.05, 3.63) is 0 Å². The predicted octanol–water partition coefficient (Wildman–Crippen LogP) is -0.343. The summed E-state index contributed by atoms with van der Waals surface area (Å²) in [5.74, 6) is 0. The average molecular weight is 153 g/mol. The highest BCUT2D eigenvalue weighted by Gasteiger charge is 2.16. The van der Waals surface area contributed by atoms with Crippen LogP contribution in [-0.4, -0.2) is 21.0 Å². The van der Waals surface area contributed by atoms with E-state index in [9.17, 15) is 8.42 Å². The van der Waals surface area contributed by atoms with Crippen LogP contribution < -0.4 is 5.14 Å². The first-order chi connectivity index (χ1) is 4.02. The van der Waals surface area contributed by atoms with Gasteiger partial charge in [0.2, 0.25) is 10.0 Å². The average Bonchev–Trinajstić information content (AvgIpc) is 1.65. The van der Waals surface area contributed by atoms with E-state index < -0.39 is 15.5 Å². The largest absolute Gasteiger partial charge is 0.364 e. The number of rotatable bonds is 3. The van der Waals surface area contributed by atoms with Crippen molar-refractivity contribution < 1.29 is 13.2 Å². The van der Waals surface area contributed by atoms with Gasteiger partial charge in [0.15, 0.2) is 5.44 Å². The second kappa shape index (κ2) is 3.14. The topological polar surface area (TPSA) is 69.4 Å². The second-order valence-electron chi connectivity index (χ2n) is 1.66. The first kappa shape index (κ1) is 8.87. The van der Waals surface area contributed by atoms with Gasteiger partial charge in [0.1, 0.15) is 0 Å². The molecule has 5 heteroatoms. The number of hydrogen-bond donors (Lipinski definition) is 1. The van der Waals surface area contributed by atoms with Gasteiger partial charge in [-0.3, -0.25) is 0 Å². The van der Waals surface area contributed by atoms with Crippen molar-refractivity contribution in [2.75, 3.05) is 7.11 Å². The minimum absolute atomic E-state index is 0.384. The molecule has 56 valence electrons. The summed E-state index contributed by atoms with van der Waals surface area (Å²) < 4.78 is 25.4. The molecule has 0 saturated carbocycles. The molecule has 0 fully saturated rings. The van der Waals surface area contributed by atoms with Gasteiger partial charge in [0.05, 0.1) is 0 Å². The molecule has 1 unspecified atom stereocenters. The standard InChI is InChI=1S/C4H11NO3S/c1-3-4(8-2)9(5,6)7/h4H,3H2,1-2H3,(H2,5,6,7). The van der Waals surface area contributed by atoms with Crippen LogP contribution in [0.5, 0.6) is 0 Å². The normalized spacial score (nSPS) is 15.4. The Morgan fingerprint density at radius 3 is 2.11 bits per heavy atom. The summed E-state index contributed by atoms with van der Waals surface area (Å²) in [7, 11) is -2.17. The molecule has 0 heterocycles. The maximum Gasteiger partial charge on any atom is 0.236 e. The molecule has 0 saturated heterocycles. The molecule has 2 N–H and O–H groups in total. The van der Waals surface area contributed by atoms with Crippen LogP contribution in [0.2, 0.25) is 0 Å². The summed E-state index contributed by atoms with van der Waals surface area (Å²) in [5.41, 5.74) is -0.850.